The van der Waals surface area contributed by atoms with E-state index < -0.39 is 11.6 Å². The fourth-order valence-corrected chi connectivity index (χ4v) is 2.70. The van der Waals surface area contributed by atoms with E-state index in [2.05, 4.69) is 10.1 Å². The number of nitrogens with zero attached hydrogens (tertiary/aromatic N) is 4. The van der Waals surface area contributed by atoms with Crippen LogP contribution in [-0.4, -0.2) is 19.2 Å². The molecule has 4 rings (SSSR count). The van der Waals surface area contributed by atoms with Crippen molar-refractivity contribution in [2.24, 2.45) is 0 Å². The van der Waals surface area contributed by atoms with Crippen LogP contribution in [0, 0.1) is 11.6 Å². The van der Waals surface area contributed by atoms with E-state index >= 15 is 0 Å². The highest BCUT2D eigenvalue weighted by molar-refractivity contribution is 5.86. The van der Waals surface area contributed by atoms with Gasteiger partial charge in [0.2, 0.25) is 0 Å². The van der Waals surface area contributed by atoms with Crippen LogP contribution in [0.1, 0.15) is 6.92 Å². The Kier molecular flexibility index (Phi) is 3.16. The second kappa shape index (κ2) is 5.23. The zero-order valence-electron chi connectivity index (χ0n) is 12.7. The van der Waals surface area contributed by atoms with E-state index in [1.807, 2.05) is 6.92 Å². The van der Waals surface area contributed by atoms with Gasteiger partial charge >= 0.3 is 0 Å². The van der Waals surface area contributed by atoms with Crippen molar-refractivity contribution >= 4 is 16.4 Å². The maximum absolute atomic E-state index is 14.5. The van der Waals surface area contributed by atoms with E-state index in [-0.39, 0.29) is 16.9 Å². The molecule has 0 saturated heterocycles. The number of fused-ring (bicyclic) bond motifs is 2. The summed E-state index contributed by atoms with van der Waals surface area (Å²) in [5.41, 5.74) is 0.332. The number of halogens is 2. The topological polar surface area (TPSA) is 52.2 Å². The Morgan fingerprint density at radius 1 is 1.17 bits per heavy atom. The molecule has 0 amide bonds. The summed E-state index contributed by atoms with van der Waals surface area (Å²) in [4.78, 5) is 16.5. The van der Waals surface area contributed by atoms with E-state index in [4.69, 9.17) is 0 Å². The highest BCUT2D eigenvalue weighted by atomic mass is 19.1. The number of hydrogen-bond acceptors (Lipinski definition) is 3. The standard InChI is InChI=1S/C17H12F2N4O/c1-2-22-6-5-10-7-13(14(19)8-12(10)17(22)24)16-20-15-4-3-11(18)9-23(15)21-16/h3-9H,2H2,1H3. The lowest BCUT2D eigenvalue weighted by Crippen LogP contribution is -2.18. The van der Waals surface area contributed by atoms with Gasteiger partial charge in [0.1, 0.15) is 11.6 Å². The molecule has 0 aliphatic heterocycles. The average molecular weight is 326 g/mol. The van der Waals surface area contributed by atoms with Gasteiger partial charge in [-0.3, -0.25) is 4.79 Å². The van der Waals surface area contributed by atoms with Crippen molar-refractivity contribution in [3.05, 3.63) is 64.7 Å². The van der Waals surface area contributed by atoms with Crippen molar-refractivity contribution in [1.82, 2.24) is 19.2 Å². The average Bonchev–Trinajstić information content (AvgIpc) is 2.98. The molecule has 0 saturated carbocycles. The first-order valence-electron chi connectivity index (χ1n) is 7.42. The summed E-state index contributed by atoms with van der Waals surface area (Å²) in [6.07, 6.45) is 2.84. The van der Waals surface area contributed by atoms with Gasteiger partial charge < -0.3 is 4.57 Å². The van der Waals surface area contributed by atoms with Gasteiger partial charge in [-0.05, 0) is 42.6 Å². The number of aryl methyl sites for hydroxylation is 1. The summed E-state index contributed by atoms with van der Waals surface area (Å²) < 4.78 is 30.5. The molecule has 0 N–H and O–H groups in total. The fraction of sp³-hybridized carbons (Fsp3) is 0.118. The van der Waals surface area contributed by atoms with Gasteiger partial charge in [-0.15, -0.1) is 5.10 Å². The number of benzene rings is 1. The van der Waals surface area contributed by atoms with E-state index in [1.54, 1.807) is 12.3 Å². The van der Waals surface area contributed by atoms with Crippen LogP contribution in [0.2, 0.25) is 0 Å². The molecular formula is C17H12F2N4O. The molecule has 0 bridgehead atoms. The van der Waals surface area contributed by atoms with E-state index in [9.17, 15) is 13.6 Å². The highest BCUT2D eigenvalue weighted by Crippen LogP contribution is 2.24. The van der Waals surface area contributed by atoms with Crippen LogP contribution < -0.4 is 5.56 Å². The number of hydrogen-bond donors (Lipinski definition) is 0. The Morgan fingerprint density at radius 3 is 2.79 bits per heavy atom. The van der Waals surface area contributed by atoms with Crippen LogP contribution in [0.5, 0.6) is 0 Å². The van der Waals surface area contributed by atoms with Crippen molar-refractivity contribution in [3.63, 3.8) is 0 Å². The maximum Gasteiger partial charge on any atom is 0.258 e. The largest absolute Gasteiger partial charge is 0.315 e. The van der Waals surface area contributed by atoms with Crippen molar-refractivity contribution < 1.29 is 8.78 Å². The third kappa shape index (κ3) is 2.17. The molecule has 3 heterocycles. The third-order valence-electron chi connectivity index (χ3n) is 3.94. The predicted molar refractivity (Wildman–Crippen MR) is 85.8 cm³/mol. The fourth-order valence-electron chi connectivity index (χ4n) is 2.70. The molecule has 5 nitrogen and oxygen atoms in total. The first kappa shape index (κ1) is 14.5. The van der Waals surface area contributed by atoms with Crippen LogP contribution in [0.25, 0.3) is 27.8 Å². The number of rotatable bonds is 2. The number of aromatic nitrogens is 4. The van der Waals surface area contributed by atoms with Gasteiger partial charge in [-0.1, -0.05) is 0 Å². The first-order valence-corrected chi connectivity index (χ1v) is 7.42. The molecule has 3 aromatic heterocycles. The van der Waals surface area contributed by atoms with Crippen molar-refractivity contribution in [2.75, 3.05) is 0 Å². The van der Waals surface area contributed by atoms with E-state index in [1.165, 1.54) is 39.5 Å². The number of pyridine rings is 2. The van der Waals surface area contributed by atoms with Crippen LogP contribution >= 0.6 is 0 Å². The molecule has 0 unspecified atom stereocenters. The van der Waals surface area contributed by atoms with Gasteiger partial charge in [-0.25, -0.2) is 18.3 Å². The molecule has 0 radical (unpaired) electrons. The molecule has 0 aliphatic rings. The van der Waals surface area contributed by atoms with E-state index in [0.717, 1.165) is 0 Å². The minimum absolute atomic E-state index is 0.139. The predicted octanol–water partition coefficient (Wildman–Crippen LogP) is 3.01. The minimum Gasteiger partial charge on any atom is -0.315 e. The maximum atomic E-state index is 14.5. The summed E-state index contributed by atoms with van der Waals surface area (Å²) in [6.45, 7) is 2.36. The Morgan fingerprint density at radius 2 is 2.00 bits per heavy atom. The Bertz CT molecular complexity index is 1150. The molecule has 0 fully saturated rings. The lowest BCUT2D eigenvalue weighted by Gasteiger charge is -2.06. The molecule has 24 heavy (non-hydrogen) atoms. The second-order valence-electron chi connectivity index (χ2n) is 5.41. The van der Waals surface area contributed by atoms with E-state index in [0.29, 0.717) is 23.0 Å². The lowest BCUT2D eigenvalue weighted by molar-refractivity contribution is 0.614. The quantitative estimate of drug-likeness (QED) is 0.569. The third-order valence-corrected chi connectivity index (χ3v) is 3.94. The Hall–Kier alpha value is -3.09. The summed E-state index contributed by atoms with van der Waals surface area (Å²) in [5.74, 6) is -0.914. The molecular weight excluding hydrogens is 314 g/mol. The van der Waals surface area contributed by atoms with Gasteiger partial charge in [0.15, 0.2) is 11.5 Å². The molecule has 0 aliphatic carbocycles. The van der Waals surface area contributed by atoms with Crippen LogP contribution in [0.4, 0.5) is 8.78 Å². The first-order chi connectivity index (χ1) is 11.6. The van der Waals surface area contributed by atoms with Crippen molar-refractivity contribution in [3.8, 4) is 11.4 Å². The van der Waals surface area contributed by atoms with Gasteiger partial charge in [-0.2, -0.15) is 0 Å². The summed E-state index contributed by atoms with van der Waals surface area (Å²) in [5, 5.41) is 5.01. The molecule has 4 aromatic rings. The second-order valence-corrected chi connectivity index (χ2v) is 5.41. The van der Waals surface area contributed by atoms with Gasteiger partial charge in [0.25, 0.3) is 5.56 Å². The van der Waals surface area contributed by atoms with Crippen LogP contribution in [0.15, 0.2) is 47.5 Å². The smallest absolute Gasteiger partial charge is 0.258 e. The Balaban J connectivity index is 1.95. The zero-order chi connectivity index (χ0) is 16.8. The molecule has 1 aromatic carbocycles. The van der Waals surface area contributed by atoms with Crippen LogP contribution in [0.3, 0.4) is 0 Å². The normalized spacial score (nSPS) is 11.5. The lowest BCUT2D eigenvalue weighted by atomic mass is 10.1. The monoisotopic (exact) mass is 326 g/mol. The summed E-state index contributed by atoms with van der Waals surface area (Å²) in [7, 11) is 0. The van der Waals surface area contributed by atoms with Crippen molar-refractivity contribution in [1.29, 1.82) is 0 Å². The molecule has 120 valence electrons. The van der Waals surface area contributed by atoms with Crippen molar-refractivity contribution in [2.45, 2.75) is 13.5 Å². The summed E-state index contributed by atoms with van der Waals surface area (Å²) in [6, 6.07) is 7.21. The van der Waals surface area contributed by atoms with Crippen LogP contribution in [-0.2, 0) is 6.54 Å². The minimum atomic E-state index is -0.593. The summed E-state index contributed by atoms with van der Waals surface area (Å²) >= 11 is 0. The van der Waals surface area contributed by atoms with Gasteiger partial charge in [0.05, 0.1) is 17.1 Å². The molecule has 7 heteroatoms. The molecule has 0 atom stereocenters. The SMILES string of the molecule is CCn1ccc2cc(-c3nc4ccc(F)cn4n3)c(F)cc2c1=O. The highest BCUT2D eigenvalue weighted by Gasteiger charge is 2.14. The zero-order valence-corrected chi connectivity index (χ0v) is 12.7. The molecule has 0 spiro atoms. The van der Waals surface area contributed by atoms with Gasteiger partial charge in [0, 0.05) is 12.7 Å². The Labute approximate surface area is 134 Å².